The third kappa shape index (κ3) is 4.79. The van der Waals surface area contributed by atoms with Crippen molar-refractivity contribution in [2.24, 2.45) is 0 Å². The van der Waals surface area contributed by atoms with E-state index < -0.39 is 27.9 Å². The molecule has 1 aromatic heterocycles. The number of nitrogens with one attached hydrogen (secondary N) is 2. The molecule has 28 heavy (non-hydrogen) atoms. The molecular formula is C19H25N3O5S. The van der Waals surface area contributed by atoms with Gasteiger partial charge in [-0.2, -0.15) is 4.31 Å². The number of nitrogens with zero attached hydrogens (tertiary/aromatic N) is 1. The molecule has 0 bridgehead atoms. The van der Waals surface area contributed by atoms with Gasteiger partial charge in [0.15, 0.2) is 0 Å². The minimum Gasteiger partial charge on any atom is -0.472 e. The Morgan fingerprint density at radius 2 is 1.86 bits per heavy atom. The molecule has 0 saturated carbocycles. The number of hydrogen-bond acceptors (Lipinski definition) is 5. The third-order valence-corrected chi connectivity index (χ3v) is 6.50. The predicted octanol–water partition coefficient (Wildman–Crippen LogP) is 2.38. The Balaban J connectivity index is 2.16. The molecule has 0 unspecified atom stereocenters. The average Bonchev–Trinajstić information content (AvgIpc) is 3.18. The van der Waals surface area contributed by atoms with E-state index in [1.54, 1.807) is 32.9 Å². The summed E-state index contributed by atoms with van der Waals surface area (Å²) >= 11 is 0. The number of hydrogen-bond donors (Lipinski definition) is 2. The van der Waals surface area contributed by atoms with E-state index in [4.69, 9.17) is 4.42 Å². The van der Waals surface area contributed by atoms with Gasteiger partial charge in [0.05, 0.1) is 16.7 Å². The number of carbonyl (C=O) groups excluding carboxylic acids is 2. The van der Waals surface area contributed by atoms with Crippen LogP contribution in [0.1, 0.15) is 36.7 Å². The molecule has 1 aromatic carbocycles. The lowest BCUT2D eigenvalue weighted by Gasteiger charge is -2.20. The SMILES string of the molecule is CCN(CC)S(=O)(=O)c1cc(NC(=O)[C@H](C)NC(=O)c2ccoc2)ccc1C. The maximum Gasteiger partial charge on any atom is 0.255 e. The van der Waals surface area contributed by atoms with Crippen LogP contribution in [-0.2, 0) is 14.8 Å². The summed E-state index contributed by atoms with van der Waals surface area (Å²) in [6.45, 7) is 7.49. The van der Waals surface area contributed by atoms with Gasteiger partial charge in [-0.3, -0.25) is 9.59 Å². The largest absolute Gasteiger partial charge is 0.472 e. The highest BCUT2D eigenvalue weighted by Gasteiger charge is 2.24. The molecule has 9 heteroatoms. The molecule has 2 amide bonds. The Morgan fingerprint density at radius 3 is 2.43 bits per heavy atom. The fourth-order valence-electron chi connectivity index (χ4n) is 2.65. The highest BCUT2D eigenvalue weighted by atomic mass is 32.2. The van der Waals surface area contributed by atoms with Crippen molar-refractivity contribution in [3.05, 3.63) is 47.9 Å². The molecule has 2 N–H and O–H groups in total. The molecule has 1 heterocycles. The summed E-state index contributed by atoms with van der Waals surface area (Å²) in [6.07, 6.45) is 2.65. The lowest BCUT2D eigenvalue weighted by atomic mass is 10.2. The van der Waals surface area contributed by atoms with Crippen LogP contribution in [0.4, 0.5) is 5.69 Å². The molecule has 0 spiro atoms. The molecule has 1 atom stereocenters. The van der Waals surface area contributed by atoms with Gasteiger partial charge >= 0.3 is 0 Å². The number of furan rings is 1. The van der Waals surface area contributed by atoms with E-state index in [2.05, 4.69) is 10.6 Å². The van der Waals surface area contributed by atoms with Gasteiger partial charge in [-0.1, -0.05) is 19.9 Å². The zero-order valence-corrected chi connectivity index (χ0v) is 17.2. The average molecular weight is 407 g/mol. The zero-order chi connectivity index (χ0) is 20.9. The van der Waals surface area contributed by atoms with Crippen LogP contribution in [0.5, 0.6) is 0 Å². The van der Waals surface area contributed by atoms with Gasteiger partial charge in [-0.25, -0.2) is 8.42 Å². The van der Waals surface area contributed by atoms with Gasteiger partial charge in [0, 0.05) is 18.8 Å². The summed E-state index contributed by atoms with van der Waals surface area (Å²) in [4.78, 5) is 24.6. The van der Waals surface area contributed by atoms with E-state index >= 15 is 0 Å². The third-order valence-electron chi connectivity index (χ3n) is 4.30. The monoisotopic (exact) mass is 407 g/mol. The van der Waals surface area contributed by atoms with Crippen molar-refractivity contribution in [3.8, 4) is 0 Å². The van der Waals surface area contributed by atoms with Crippen molar-refractivity contribution < 1.29 is 22.4 Å². The lowest BCUT2D eigenvalue weighted by Crippen LogP contribution is -2.41. The molecule has 0 aliphatic carbocycles. The summed E-state index contributed by atoms with van der Waals surface area (Å²) in [6, 6.07) is 5.36. The Bertz CT molecular complexity index is 934. The summed E-state index contributed by atoms with van der Waals surface area (Å²) in [5, 5.41) is 5.20. The highest BCUT2D eigenvalue weighted by Crippen LogP contribution is 2.23. The summed E-state index contributed by atoms with van der Waals surface area (Å²) in [5.41, 5.74) is 1.24. The summed E-state index contributed by atoms with van der Waals surface area (Å²) < 4.78 is 31.8. The van der Waals surface area contributed by atoms with E-state index in [-0.39, 0.29) is 4.90 Å². The fraction of sp³-hybridized carbons (Fsp3) is 0.368. The molecule has 0 saturated heterocycles. The molecule has 2 rings (SSSR count). The first-order valence-corrected chi connectivity index (χ1v) is 10.4. The van der Waals surface area contributed by atoms with E-state index in [1.165, 1.54) is 35.9 Å². The van der Waals surface area contributed by atoms with Crippen LogP contribution >= 0.6 is 0 Å². The fourth-order valence-corrected chi connectivity index (χ4v) is 4.36. The second kappa shape index (κ2) is 9.03. The maximum absolute atomic E-state index is 12.8. The van der Waals surface area contributed by atoms with Gasteiger partial charge < -0.3 is 15.1 Å². The van der Waals surface area contributed by atoms with Gasteiger partial charge in [0.2, 0.25) is 15.9 Å². The molecular weight excluding hydrogens is 382 g/mol. The normalized spacial score (nSPS) is 12.6. The number of rotatable bonds is 8. The van der Waals surface area contributed by atoms with Crippen molar-refractivity contribution in [1.82, 2.24) is 9.62 Å². The first-order chi connectivity index (χ1) is 13.2. The van der Waals surface area contributed by atoms with E-state index in [0.29, 0.717) is 29.9 Å². The smallest absolute Gasteiger partial charge is 0.255 e. The Labute approximate surface area is 165 Å². The van der Waals surface area contributed by atoms with Gasteiger partial charge in [0.25, 0.3) is 5.91 Å². The molecule has 8 nitrogen and oxygen atoms in total. The number of aryl methyl sites for hydroxylation is 1. The van der Waals surface area contributed by atoms with Crippen LogP contribution in [0.25, 0.3) is 0 Å². The molecule has 0 fully saturated rings. The zero-order valence-electron chi connectivity index (χ0n) is 16.4. The van der Waals surface area contributed by atoms with Crippen LogP contribution in [0, 0.1) is 6.92 Å². The van der Waals surface area contributed by atoms with E-state index in [9.17, 15) is 18.0 Å². The van der Waals surface area contributed by atoms with Crippen molar-refractivity contribution in [3.63, 3.8) is 0 Å². The molecule has 0 aliphatic rings. The quantitative estimate of drug-likeness (QED) is 0.698. The molecule has 152 valence electrons. The first-order valence-electron chi connectivity index (χ1n) is 8.95. The Hall–Kier alpha value is -2.65. The number of amides is 2. The van der Waals surface area contributed by atoms with E-state index in [1.807, 2.05) is 0 Å². The number of carbonyl (C=O) groups is 2. The molecule has 0 radical (unpaired) electrons. The second-order valence-corrected chi connectivity index (χ2v) is 8.17. The minimum absolute atomic E-state index is 0.143. The highest BCUT2D eigenvalue weighted by molar-refractivity contribution is 7.89. The standard InChI is InChI=1S/C19H25N3O5S/c1-5-22(6-2)28(25,26)17-11-16(8-7-13(17)3)21-18(23)14(4)20-19(24)15-9-10-27-12-15/h7-12,14H,5-6H2,1-4H3,(H,20,24)(H,21,23)/t14-/m0/s1. The van der Waals surface area contributed by atoms with Crippen molar-refractivity contribution in [2.75, 3.05) is 18.4 Å². The second-order valence-electron chi connectivity index (χ2n) is 6.27. The van der Waals surface area contributed by atoms with Crippen molar-refractivity contribution in [2.45, 2.75) is 38.6 Å². The summed E-state index contributed by atoms with van der Waals surface area (Å²) in [7, 11) is -3.66. The van der Waals surface area contributed by atoms with Crippen molar-refractivity contribution in [1.29, 1.82) is 0 Å². The first kappa shape index (κ1) is 21.6. The van der Waals surface area contributed by atoms with Crippen LogP contribution < -0.4 is 10.6 Å². The Kier molecular flexibility index (Phi) is 6.98. The van der Waals surface area contributed by atoms with Crippen LogP contribution in [0.15, 0.2) is 46.1 Å². The van der Waals surface area contributed by atoms with Crippen molar-refractivity contribution >= 4 is 27.5 Å². The maximum atomic E-state index is 12.8. The Morgan fingerprint density at radius 1 is 1.18 bits per heavy atom. The number of benzene rings is 1. The van der Waals surface area contributed by atoms with Gasteiger partial charge in [-0.05, 0) is 37.6 Å². The molecule has 0 aliphatic heterocycles. The summed E-state index contributed by atoms with van der Waals surface area (Å²) in [5.74, 6) is -0.906. The van der Waals surface area contributed by atoms with Crippen LogP contribution in [0.3, 0.4) is 0 Å². The minimum atomic E-state index is -3.66. The molecule has 2 aromatic rings. The topological polar surface area (TPSA) is 109 Å². The van der Waals surface area contributed by atoms with Crippen LogP contribution in [-0.4, -0.2) is 43.7 Å². The van der Waals surface area contributed by atoms with E-state index in [0.717, 1.165) is 0 Å². The lowest BCUT2D eigenvalue weighted by molar-refractivity contribution is -0.117. The predicted molar refractivity (Wildman–Crippen MR) is 106 cm³/mol. The number of anilines is 1. The van der Waals surface area contributed by atoms with Gasteiger partial charge in [-0.15, -0.1) is 0 Å². The van der Waals surface area contributed by atoms with Crippen LogP contribution in [0.2, 0.25) is 0 Å². The number of sulfonamides is 1. The van der Waals surface area contributed by atoms with Gasteiger partial charge in [0.1, 0.15) is 12.3 Å².